The Morgan fingerprint density at radius 1 is 1.00 bits per heavy atom. The summed E-state index contributed by atoms with van der Waals surface area (Å²) in [4.78, 5) is 4.34. The summed E-state index contributed by atoms with van der Waals surface area (Å²) in [6.07, 6.45) is 1.72. The van der Waals surface area contributed by atoms with Gasteiger partial charge in [-0.1, -0.05) is 24.3 Å². The second-order valence-electron chi connectivity index (χ2n) is 3.71. The second kappa shape index (κ2) is 5.46. The van der Waals surface area contributed by atoms with Crippen LogP contribution in [-0.4, -0.2) is 19.2 Å². The van der Waals surface area contributed by atoms with E-state index in [0.717, 1.165) is 22.6 Å². The maximum absolute atomic E-state index is 5.08. The number of nitrogens with zero attached hydrogens (tertiary/aromatic N) is 1. The molecule has 0 aliphatic carbocycles. The summed E-state index contributed by atoms with van der Waals surface area (Å²) in [5.41, 5.74) is 3.19. The van der Waals surface area contributed by atoms with Gasteiger partial charge in [-0.2, -0.15) is 0 Å². The van der Waals surface area contributed by atoms with E-state index in [1.165, 1.54) is 0 Å². The highest BCUT2D eigenvalue weighted by atomic mass is 16.5. The summed E-state index contributed by atoms with van der Waals surface area (Å²) in [6, 6.07) is 12.0. The molecule has 1 heterocycles. The Balaban J connectivity index is 2.20. The number of ether oxygens (including phenoxy) is 2. The monoisotopic (exact) mass is 229 g/mol. The highest BCUT2D eigenvalue weighted by Gasteiger charge is 2.00. The van der Waals surface area contributed by atoms with Crippen LogP contribution in [0.4, 0.5) is 0 Å². The van der Waals surface area contributed by atoms with Crippen LogP contribution >= 0.6 is 0 Å². The molecule has 0 bridgehead atoms. The van der Waals surface area contributed by atoms with E-state index in [9.17, 15) is 0 Å². The number of pyridine rings is 1. The lowest BCUT2D eigenvalue weighted by molar-refractivity contribution is 0.185. The maximum Gasteiger partial charge on any atom is 0.137 e. The molecule has 0 fully saturated rings. The normalized spacial score (nSPS) is 10.2. The Bertz CT molecular complexity index is 463. The van der Waals surface area contributed by atoms with Crippen LogP contribution in [0.5, 0.6) is 5.75 Å². The van der Waals surface area contributed by atoms with Gasteiger partial charge in [0, 0.05) is 12.7 Å². The first-order chi connectivity index (χ1) is 8.33. The fraction of sp³-hybridized carbons (Fsp3) is 0.214. The topological polar surface area (TPSA) is 31.4 Å². The minimum Gasteiger partial charge on any atom is -0.495 e. The van der Waals surface area contributed by atoms with Crippen molar-refractivity contribution in [1.82, 2.24) is 4.98 Å². The first kappa shape index (κ1) is 11.6. The largest absolute Gasteiger partial charge is 0.495 e. The van der Waals surface area contributed by atoms with E-state index in [1.807, 2.05) is 36.4 Å². The molecule has 0 aliphatic heterocycles. The molecule has 3 heteroatoms. The van der Waals surface area contributed by atoms with E-state index < -0.39 is 0 Å². The van der Waals surface area contributed by atoms with E-state index in [0.29, 0.717) is 6.61 Å². The summed E-state index contributed by atoms with van der Waals surface area (Å²) in [7, 11) is 3.33. The average Bonchev–Trinajstić information content (AvgIpc) is 2.40. The molecule has 0 spiro atoms. The van der Waals surface area contributed by atoms with Crippen LogP contribution < -0.4 is 4.74 Å². The molecule has 2 aromatic rings. The fourth-order valence-electron chi connectivity index (χ4n) is 1.61. The van der Waals surface area contributed by atoms with Gasteiger partial charge in [0.1, 0.15) is 5.75 Å². The smallest absolute Gasteiger partial charge is 0.137 e. The lowest BCUT2D eigenvalue weighted by Crippen LogP contribution is -1.89. The second-order valence-corrected chi connectivity index (χ2v) is 3.71. The van der Waals surface area contributed by atoms with Crippen molar-refractivity contribution in [2.24, 2.45) is 0 Å². The molecule has 0 aliphatic rings. The van der Waals surface area contributed by atoms with Crippen LogP contribution in [0, 0.1) is 0 Å². The highest BCUT2D eigenvalue weighted by molar-refractivity contribution is 5.59. The van der Waals surface area contributed by atoms with E-state index in [4.69, 9.17) is 9.47 Å². The van der Waals surface area contributed by atoms with Gasteiger partial charge >= 0.3 is 0 Å². The van der Waals surface area contributed by atoms with Crippen molar-refractivity contribution < 1.29 is 9.47 Å². The number of aromatic nitrogens is 1. The van der Waals surface area contributed by atoms with Crippen LogP contribution in [0.1, 0.15) is 5.56 Å². The van der Waals surface area contributed by atoms with Gasteiger partial charge in [-0.15, -0.1) is 0 Å². The Morgan fingerprint density at radius 3 is 2.29 bits per heavy atom. The Labute approximate surface area is 101 Å². The third kappa shape index (κ3) is 2.82. The van der Waals surface area contributed by atoms with Crippen LogP contribution in [0.25, 0.3) is 11.3 Å². The van der Waals surface area contributed by atoms with Gasteiger partial charge in [0.05, 0.1) is 25.6 Å². The molecular formula is C14H15NO2. The maximum atomic E-state index is 5.08. The van der Waals surface area contributed by atoms with Gasteiger partial charge in [0.2, 0.25) is 0 Å². The number of rotatable bonds is 4. The lowest BCUT2D eigenvalue weighted by Gasteiger charge is -2.04. The van der Waals surface area contributed by atoms with Gasteiger partial charge in [0.25, 0.3) is 0 Å². The summed E-state index contributed by atoms with van der Waals surface area (Å²) in [5, 5.41) is 0. The van der Waals surface area contributed by atoms with Crippen molar-refractivity contribution in [2.75, 3.05) is 14.2 Å². The van der Waals surface area contributed by atoms with Gasteiger partial charge in [-0.25, -0.2) is 0 Å². The SMILES string of the molecule is COCc1ccc(-c2ccc(OC)cn2)cc1. The third-order valence-electron chi connectivity index (χ3n) is 2.53. The lowest BCUT2D eigenvalue weighted by atomic mass is 10.1. The molecule has 0 unspecified atom stereocenters. The van der Waals surface area contributed by atoms with Crippen molar-refractivity contribution in [1.29, 1.82) is 0 Å². The van der Waals surface area contributed by atoms with Crippen molar-refractivity contribution in [3.8, 4) is 17.0 Å². The molecule has 0 radical (unpaired) electrons. The zero-order valence-electron chi connectivity index (χ0n) is 10.0. The molecule has 3 nitrogen and oxygen atoms in total. The Hall–Kier alpha value is -1.87. The highest BCUT2D eigenvalue weighted by Crippen LogP contribution is 2.19. The van der Waals surface area contributed by atoms with Gasteiger partial charge in [0.15, 0.2) is 0 Å². The van der Waals surface area contributed by atoms with Crippen LogP contribution in [-0.2, 0) is 11.3 Å². The summed E-state index contributed by atoms with van der Waals surface area (Å²) in [6.45, 7) is 0.635. The molecular weight excluding hydrogens is 214 g/mol. The Kier molecular flexibility index (Phi) is 3.73. The predicted molar refractivity (Wildman–Crippen MR) is 66.9 cm³/mol. The molecule has 0 N–H and O–H groups in total. The summed E-state index contributed by atoms with van der Waals surface area (Å²) in [5.74, 6) is 0.768. The molecule has 1 aromatic carbocycles. The molecule has 88 valence electrons. The minimum absolute atomic E-state index is 0.635. The zero-order valence-corrected chi connectivity index (χ0v) is 10.0. The number of hydrogen-bond acceptors (Lipinski definition) is 3. The van der Waals surface area contributed by atoms with Gasteiger partial charge in [-0.3, -0.25) is 4.98 Å². The van der Waals surface area contributed by atoms with Gasteiger partial charge < -0.3 is 9.47 Å². The molecule has 2 rings (SSSR count). The average molecular weight is 229 g/mol. The molecule has 0 atom stereocenters. The number of benzene rings is 1. The van der Waals surface area contributed by atoms with E-state index >= 15 is 0 Å². The van der Waals surface area contributed by atoms with Crippen molar-refractivity contribution in [3.63, 3.8) is 0 Å². The molecule has 0 saturated heterocycles. The van der Waals surface area contributed by atoms with Crippen molar-refractivity contribution >= 4 is 0 Å². The number of methoxy groups -OCH3 is 2. The first-order valence-corrected chi connectivity index (χ1v) is 5.42. The molecule has 1 aromatic heterocycles. The Morgan fingerprint density at radius 2 is 1.76 bits per heavy atom. The summed E-state index contributed by atoms with van der Waals surface area (Å²) < 4.78 is 10.1. The van der Waals surface area contributed by atoms with E-state index in [1.54, 1.807) is 20.4 Å². The quantitative estimate of drug-likeness (QED) is 0.807. The predicted octanol–water partition coefficient (Wildman–Crippen LogP) is 2.90. The van der Waals surface area contributed by atoms with E-state index in [-0.39, 0.29) is 0 Å². The first-order valence-electron chi connectivity index (χ1n) is 5.42. The third-order valence-corrected chi connectivity index (χ3v) is 2.53. The molecule has 0 saturated carbocycles. The fourth-order valence-corrected chi connectivity index (χ4v) is 1.61. The van der Waals surface area contributed by atoms with Crippen LogP contribution in [0.3, 0.4) is 0 Å². The van der Waals surface area contributed by atoms with E-state index in [2.05, 4.69) is 4.98 Å². The van der Waals surface area contributed by atoms with Crippen LogP contribution in [0.15, 0.2) is 42.6 Å². The van der Waals surface area contributed by atoms with Gasteiger partial charge in [-0.05, 0) is 17.7 Å². The van der Waals surface area contributed by atoms with Crippen molar-refractivity contribution in [3.05, 3.63) is 48.2 Å². The van der Waals surface area contributed by atoms with Crippen LogP contribution in [0.2, 0.25) is 0 Å². The number of hydrogen-bond donors (Lipinski definition) is 0. The standard InChI is InChI=1S/C14H15NO2/c1-16-10-11-3-5-12(6-4-11)14-8-7-13(17-2)9-15-14/h3-9H,10H2,1-2H3. The zero-order chi connectivity index (χ0) is 12.1. The molecule has 0 amide bonds. The minimum atomic E-state index is 0.635. The van der Waals surface area contributed by atoms with Crippen molar-refractivity contribution in [2.45, 2.75) is 6.61 Å². The molecule has 17 heavy (non-hydrogen) atoms. The summed E-state index contributed by atoms with van der Waals surface area (Å²) >= 11 is 0.